The third-order valence-corrected chi connectivity index (χ3v) is 6.43. The maximum Gasteiger partial charge on any atom is 0.266 e. The Balaban J connectivity index is 1.96. The third kappa shape index (κ3) is 4.41. The zero-order chi connectivity index (χ0) is 24.2. The highest BCUT2D eigenvalue weighted by Crippen LogP contribution is 2.42. The van der Waals surface area contributed by atoms with E-state index in [1.165, 1.54) is 38.7 Å². The normalized spacial score (nSPS) is 10.9. The second kappa shape index (κ2) is 10.1. The first-order valence-electron chi connectivity index (χ1n) is 10.6. The summed E-state index contributed by atoms with van der Waals surface area (Å²) in [6.45, 7) is 2.06. The summed E-state index contributed by atoms with van der Waals surface area (Å²) < 4.78 is 23.5. The molecule has 176 valence electrons. The predicted molar refractivity (Wildman–Crippen MR) is 134 cm³/mol. The van der Waals surface area contributed by atoms with E-state index < -0.39 is 0 Å². The van der Waals surface area contributed by atoms with Crippen molar-refractivity contribution in [3.8, 4) is 28.7 Å². The molecule has 0 unspecified atom stereocenters. The van der Waals surface area contributed by atoms with E-state index in [1.54, 1.807) is 17.7 Å². The number of rotatable bonds is 8. The second-order valence-corrected chi connectivity index (χ2v) is 8.49. The molecule has 3 aromatic carbocycles. The number of thioether (sulfide) groups is 1. The molecule has 34 heavy (non-hydrogen) atoms. The van der Waals surface area contributed by atoms with Crippen LogP contribution < -0.4 is 24.5 Å². The SMILES string of the molecule is COc1ccc(-n2c(SCc3cccc(C)c3)nc3c(OC)c(OC)c(OC)cc3c2=O)cc1. The number of aryl methyl sites for hydroxylation is 1. The molecule has 1 heterocycles. The van der Waals surface area contributed by atoms with Gasteiger partial charge in [0.1, 0.15) is 11.3 Å². The molecule has 0 aliphatic carbocycles. The number of hydrogen-bond acceptors (Lipinski definition) is 7. The molecule has 0 atom stereocenters. The number of nitrogens with zero attached hydrogens (tertiary/aromatic N) is 2. The topological polar surface area (TPSA) is 71.8 Å². The molecule has 0 spiro atoms. The number of ether oxygens (including phenoxy) is 4. The summed E-state index contributed by atoms with van der Waals surface area (Å²) in [6.07, 6.45) is 0. The molecule has 7 nitrogen and oxygen atoms in total. The molecule has 0 aliphatic heterocycles. The first-order chi connectivity index (χ1) is 16.5. The summed E-state index contributed by atoms with van der Waals surface area (Å²) in [5.74, 6) is 2.49. The number of hydrogen-bond donors (Lipinski definition) is 0. The van der Waals surface area contributed by atoms with E-state index in [0.29, 0.717) is 50.5 Å². The fourth-order valence-corrected chi connectivity index (χ4v) is 4.72. The Morgan fingerprint density at radius 3 is 2.24 bits per heavy atom. The number of benzene rings is 3. The summed E-state index contributed by atoms with van der Waals surface area (Å²) in [7, 11) is 6.17. The van der Waals surface area contributed by atoms with Crippen molar-refractivity contribution < 1.29 is 18.9 Å². The Kier molecular flexibility index (Phi) is 6.98. The van der Waals surface area contributed by atoms with Crippen LogP contribution in [0.15, 0.2) is 64.5 Å². The molecule has 0 fully saturated rings. The van der Waals surface area contributed by atoms with E-state index in [0.717, 1.165) is 5.56 Å². The van der Waals surface area contributed by atoms with Gasteiger partial charge in [0, 0.05) is 5.75 Å². The molecule has 0 saturated carbocycles. The Morgan fingerprint density at radius 1 is 0.882 bits per heavy atom. The summed E-state index contributed by atoms with van der Waals surface area (Å²) in [5, 5.41) is 0.903. The molecule has 1 aromatic heterocycles. The molecule has 0 bridgehead atoms. The Bertz CT molecular complexity index is 1380. The average molecular weight is 479 g/mol. The van der Waals surface area contributed by atoms with Crippen LogP contribution in [-0.2, 0) is 5.75 Å². The van der Waals surface area contributed by atoms with Gasteiger partial charge in [-0.1, -0.05) is 41.6 Å². The molecule has 4 aromatic rings. The summed E-state index contributed by atoms with van der Waals surface area (Å²) in [6, 6.07) is 17.2. The van der Waals surface area contributed by atoms with Crippen LogP contribution in [-0.4, -0.2) is 38.0 Å². The second-order valence-electron chi connectivity index (χ2n) is 7.55. The van der Waals surface area contributed by atoms with Crippen molar-refractivity contribution in [2.75, 3.05) is 28.4 Å². The van der Waals surface area contributed by atoms with Crippen LogP contribution in [0.3, 0.4) is 0 Å². The maximum absolute atomic E-state index is 13.8. The van der Waals surface area contributed by atoms with Crippen LogP contribution in [0.4, 0.5) is 0 Å². The standard InChI is InChI=1S/C26H26N2O5S/c1-16-7-6-8-17(13-16)15-34-26-27-22-20(14-21(31-3)23(32-4)24(22)33-5)25(29)28(26)18-9-11-19(30-2)12-10-18/h6-14H,15H2,1-5H3. The summed E-state index contributed by atoms with van der Waals surface area (Å²) in [4.78, 5) is 18.7. The van der Waals surface area contributed by atoms with E-state index in [-0.39, 0.29) is 5.56 Å². The van der Waals surface area contributed by atoms with E-state index >= 15 is 0 Å². The lowest BCUT2D eigenvalue weighted by Crippen LogP contribution is -2.22. The molecule has 4 rings (SSSR count). The van der Waals surface area contributed by atoms with Gasteiger partial charge in [0.2, 0.25) is 5.75 Å². The van der Waals surface area contributed by atoms with Crippen LogP contribution in [0.2, 0.25) is 0 Å². The van der Waals surface area contributed by atoms with Crippen molar-refractivity contribution in [2.24, 2.45) is 0 Å². The lowest BCUT2D eigenvalue weighted by Gasteiger charge is -2.17. The van der Waals surface area contributed by atoms with Crippen LogP contribution >= 0.6 is 11.8 Å². The van der Waals surface area contributed by atoms with Crippen LogP contribution in [0.5, 0.6) is 23.0 Å². The van der Waals surface area contributed by atoms with Gasteiger partial charge >= 0.3 is 0 Å². The molecule has 0 saturated heterocycles. The molecule has 0 amide bonds. The molecule has 0 radical (unpaired) electrons. The van der Waals surface area contributed by atoms with E-state index in [4.69, 9.17) is 23.9 Å². The minimum absolute atomic E-state index is 0.235. The molecular weight excluding hydrogens is 452 g/mol. The van der Waals surface area contributed by atoms with Crippen LogP contribution in [0, 0.1) is 6.92 Å². The van der Waals surface area contributed by atoms with Crippen molar-refractivity contribution >= 4 is 22.7 Å². The van der Waals surface area contributed by atoms with Crippen LogP contribution in [0.25, 0.3) is 16.6 Å². The monoisotopic (exact) mass is 478 g/mol. The van der Waals surface area contributed by atoms with Crippen molar-refractivity contribution in [3.05, 3.63) is 76.1 Å². The van der Waals surface area contributed by atoms with E-state index in [2.05, 4.69) is 25.1 Å². The predicted octanol–water partition coefficient (Wildman–Crippen LogP) is 5.02. The first kappa shape index (κ1) is 23.5. The molecule has 8 heteroatoms. The summed E-state index contributed by atoms with van der Waals surface area (Å²) in [5.41, 5.74) is 3.18. The Hall–Kier alpha value is -3.65. The minimum Gasteiger partial charge on any atom is -0.497 e. The van der Waals surface area contributed by atoms with Crippen molar-refractivity contribution in [1.29, 1.82) is 0 Å². The summed E-state index contributed by atoms with van der Waals surface area (Å²) >= 11 is 1.48. The molecular formula is C26H26N2O5S. The van der Waals surface area contributed by atoms with Gasteiger partial charge in [-0.05, 0) is 42.8 Å². The molecule has 0 aliphatic rings. The zero-order valence-electron chi connectivity index (χ0n) is 19.7. The van der Waals surface area contributed by atoms with E-state index in [9.17, 15) is 4.79 Å². The third-order valence-electron chi connectivity index (χ3n) is 5.42. The molecule has 0 N–H and O–H groups in total. The van der Waals surface area contributed by atoms with Gasteiger partial charge in [-0.25, -0.2) is 4.98 Å². The van der Waals surface area contributed by atoms with Gasteiger partial charge in [-0.3, -0.25) is 9.36 Å². The van der Waals surface area contributed by atoms with Crippen LogP contribution in [0.1, 0.15) is 11.1 Å². The number of aromatic nitrogens is 2. The number of fused-ring (bicyclic) bond motifs is 1. The van der Waals surface area contributed by atoms with Crippen molar-refractivity contribution in [3.63, 3.8) is 0 Å². The first-order valence-corrected chi connectivity index (χ1v) is 11.6. The lowest BCUT2D eigenvalue weighted by molar-refractivity contribution is 0.326. The van der Waals surface area contributed by atoms with Gasteiger partial charge in [0.15, 0.2) is 16.7 Å². The van der Waals surface area contributed by atoms with Gasteiger partial charge in [0.05, 0.1) is 39.5 Å². The Labute approximate surface area is 202 Å². The highest BCUT2D eigenvalue weighted by Gasteiger charge is 2.22. The van der Waals surface area contributed by atoms with Gasteiger partial charge in [-0.15, -0.1) is 0 Å². The largest absolute Gasteiger partial charge is 0.497 e. The maximum atomic E-state index is 13.8. The Morgan fingerprint density at radius 2 is 1.62 bits per heavy atom. The van der Waals surface area contributed by atoms with Gasteiger partial charge in [-0.2, -0.15) is 0 Å². The highest BCUT2D eigenvalue weighted by molar-refractivity contribution is 7.98. The quantitative estimate of drug-likeness (QED) is 0.260. The highest BCUT2D eigenvalue weighted by atomic mass is 32.2. The zero-order valence-corrected chi connectivity index (χ0v) is 20.6. The minimum atomic E-state index is -0.235. The van der Waals surface area contributed by atoms with Gasteiger partial charge in [0.25, 0.3) is 5.56 Å². The smallest absolute Gasteiger partial charge is 0.266 e. The van der Waals surface area contributed by atoms with E-state index in [1.807, 2.05) is 30.3 Å². The number of methoxy groups -OCH3 is 4. The fraction of sp³-hybridized carbons (Fsp3) is 0.231. The van der Waals surface area contributed by atoms with Crippen molar-refractivity contribution in [2.45, 2.75) is 17.8 Å². The average Bonchev–Trinajstić information content (AvgIpc) is 2.86. The lowest BCUT2D eigenvalue weighted by atomic mass is 10.2. The van der Waals surface area contributed by atoms with Crippen molar-refractivity contribution in [1.82, 2.24) is 9.55 Å². The van der Waals surface area contributed by atoms with Gasteiger partial charge < -0.3 is 18.9 Å². The fourth-order valence-electron chi connectivity index (χ4n) is 3.77.